The molecule has 0 N–H and O–H groups in total. The zero-order valence-corrected chi connectivity index (χ0v) is 9.66. The maximum Gasteiger partial charge on any atom is 0.227 e. The van der Waals surface area contributed by atoms with Gasteiger partial charge in [-0.3, -0.25) is 0 Å². The van der Waals surface area contributed by atoms with Crippen LogP contribution in [0.15, 0.2) is 28.7 Å². The number of para-hydroxylation sites is 1. The Hall–Kier alpha value is -1.83. The van der Waals surface area contributed by atoms with Gasteiger partial charge in [0.25, 0.3) is 0 Å². The van der Waals surface area contributed by atoms with E-state index in [1.807, 2.05) is 25.1 Å². The molecular formula is C14H13NO. The average molecular weight is 211 g/mol. The van der Waals surface area contributed by atoms with Crippen molar-refractivity contribution in [2.45, 2.75) is 20.8 Å². The van der Waals surface area contributed by atoms with Crippen LogP contribution >= 0.6 is 0 Å². The van der Waals surface area contributed by atoms with Crippen molar-refractivity contribution in [3.63, 3.8) is 0 Å². The van der Waals surface area contributed by atoms with Gasteiger partial charge in [-0.1, -0.05) is 18.2 Å². The standard InChI is InChI=1S/C14H13NO/c1-8-9(2)13-11-6-4-5-7-12(11)16-14(13)15-10(8)3/h4-7H,1-3H3. The Morgan fingerprint density at radius 3 is 2.56 bits per heavy atom. The fourth-order valence-electron chi connectivity index (χ4n) is 2.17. The Balaban J connectivity index is 2.62. The molecule has 0 aliphatic heterocycles. The SMILES string of the molecule is Cc1nc2oc3ccccc3c2c(C)c1C. The van der Waals surface area contributed by atoms with Crippen LogP contribution in [0.4, 0.5) is 0 Å². The molecule has 0 atom stereocenters. The monoisotopic (exact) mass is 211 g/mol. The first-order chi connectivity index (χ1) is 7.68. The summed E-state index contributed by atoms with van der Waals surface area (Å²) >= 11 is 0. The molecule has 0 aliphatic carbocycles. The van der Waals surface area contributed by atoms with E-state index in [0.29, 0.717) is 0 Å². The number of pyridine rings is 1. The second-order valence-electron chi connectivity index (χ2n) is 4.23. The van der Waals surface area contributed by atoms with Crippen LogP contribution < -0.4 is 0 Å². The number of aryl methyl sites for hydroxylation is 2. The summed E-state index contributed by atoms with van der Waals surface area (Å²) in [7, 11) is 0. The van der Waals surface area contributed by atoms with Gasteiger partial charge in [-0.15, -0.1) is 0 Å². The van der Waals surface area contributed by atoms with E-state index in [4.69, 9.17) is 4.42 Å². The van der Waals surface area contributed by atoms with Gasteiger partial charge in [0.15, 0.2) is 0 Å². The van der Waals surface area contributed by atoms with Gasteiger partial charge in [-0.2, -0.15) is 0 Å². The third-order valence-corrected chi connectivity index (χ3v) is 3.33. The van der Waals surface area contributed by atoms with Gasteiger partial charge in [-0.25, -0.2) is 4.98 Å². The lowest BCUT2D eigenvalue weighted by Gasteiger charge is -2.03. The van der Waals surface area contributed by atoms with Gasteiger partial charge in [0.2, 0.25) is 5.71 Å². The minimum absolute atomic E-state index is 0.752. The zero-order chi connectivity index (χ0) is 11.3. The van der Waals surface area contributed by atoms with E-state index >= 15 is 0 Å². The molecule has 2 heteroatoms. The predicted octanol–water partition coefficient (Wildman–Crippen LogP) is 3.91. The van der Waals surface area contributed by atoms with E-state index in [0.717, 1.165) is 27.8 Å². The van der Waals surface area contributed by atoms with Gasteiger partial charge in [-0.05, 0) is 38.0 Å². The van der Waals surface area contributed by atoms with E-state index < -0.39 is 0 Å². The van der Waals surface area contributed by atoms with Crippen LogP contribution in [0.3, 0.4) is 0 Å². The minimum Gasteiger partial charge on any atom is -0.438 e. The second kappa shape index (κ2) is 3.08. The maximum atomic E-state index is 5.76. The number of hydrogen-bond acceptors (Lipinski definition) is 2. The van der Waals surface area contributed by atoms with E-state index in [2.05, 4.69) is 24.9 Å². The largest absolute Gasteiger partial charge is 0.438 e. The fourth-order valence-corrected chi connectivity index (χ4v) is 2.17. The van der Waals surface area contributed by atoms with Crippen molar-refractivity contribution < 1.29 is 4.42 Å². The summed E-state index contributed by atoms with van der Waals surface area (Å²) in [5.41, 5.74) is 5.23. The molecule has 0 saturated carbocycles. The molecule has 1 aromatic carbocycles. The summed E-state index contributed by atoms with van der Waals surface area (Å²) in [5, 5.41) is 2.31. The van der Waals surface area contributed by atoms with Crippen LogP contribution in [-0.2, 0) is 0 Å². The van der Waals surface area contributed by atoms with Crippen LogP contribution in [-0.4, -0.2) is 4.98 Å². The summed E-state index contributed by atoms with van der Waals surface area (Å²) in [6.45, 7) is 6.27. The molecule has 16 heavy (non-hydrogen) atoms. The van der Waals surface area contributed by atoms with E-state index in [-0.39, 0.29) is 0 Å². The highest BCUT2D eigenvalue weighted by Crippen LogP contribution is 2.31. The third-order valence-electron chi connectivity index (χ3n) is 3.33. The first-order valence-corrected chi connectivity index (χ1v) is 5.43. The van der Waals surface area contributed by atoms with Gasteiger partial charge in [0, 0.05) is 11.1 Å². The number of nitrogens with zero attached hydrogens (tertiary/aromatic N) is 1. The number of aromatic nitrogens is 1. The Morgan fingerprint density at radius 2 is 1.75 bits per heavy atom. The van der Waals surface area contributed by atoms with Crippen molar-refractivity contribution in [1.82, 2.24) is 4.98 Å². The fraction of sp³-hybridized carbons (Fsp3) is 0.214. The number of hydrogen-bond donors (Lipinski definition) is 0. The van der Waals surface area contributed by atoms with E-state index in [1.165, 1.54) is 11.1 Å². The van der Waals surface area contributed by atoms with Crippen LogP contribution in [0, 0.1) is 20.8 Å². The lowest BCUT2D eigenvalue weighted by Crippen LogP contribution is -1.91. The minimum atomic E-state index is 0.752. The first kappa shape index (κ1) is 9.40. The second-order valence-corrected chi connectivity index (χ2v) is 4.23. The highest BCUT2D eigenvalue weighted by atomic mass is 16.3. The number of rotatable bonds is 0. The molecule has 0 radical (unpaired) electrons. The molecular weight excluding hydrogens is 198 g/mol. The Morgan fingerprint density at radius 1 is 1.00 bits per heavy atom. The average Bonchev–Trinajstić information content (AvgIpc) is 2.64. The van der Waals surface area contributed by atoms with Crippen LogP contribution in [0.1, 0.15) is 16.8 Å². The molecule has 2 aromatic heterocycles. The Bertz CT molecular complexity index is 695. The summed E-state index contributed by atoms with van der Waals surface area (Å²) in [4.78, 5) is 4.51. The molecule has 0 fully saturated rings. The molecule has 0 bridgehead atoms. The van der Waals surface area contributed by atoms with Crippen molar-refractivity contribution in [2.24, 2.45) is 0 Å². The lowest BCUT2D eigenvalue weighted by molar-refractivity contribution is 0.652. The zero-order valence-electron chi connectivity index (χ0n) is 9.66. The molecule has 2 heterocycles. The summed E-state index contributed by atoms with van der Waals surface area (Å²) in [6, 6.07) is 8.09. The predicted molar refractivity (Wildman–Crippen MR) is 65.7 cm³/mol. The highest BCUT2D eigenvalue weighted by Gasteiger charge is 2.12. The lowest BCUT2D eigenvalue weighted by atomic mass is 10.0. The van der Waals surface area contributed by atoms with Crippen molar-refractivity contribution >= 4 is 22.1 Å². The van der Waals surface area contributed by atoms with Crippen LogP contribution in [0.2, 0.25) is 0 Å². The maximum absolute atomic E-state index is 5.76. The number of fused-ring (bicyclic) bond motifs is 3. The van der Waals surface area contributed by atoms with Gasteiger partial charge < -0.3 is 4.42 Å². The van der Waals surface area contributed by atoms with Gasteiger partial charge in [0.1, 0.15) is 5.58 Å². The molecule has 2 nitrogen and oxygen atoms in total. The summed E-state index contributed by atoms with van der Waals surface area (Å²) < 4.78 is 5.76. The summed E-state index contributed by atoms with van der Waals surface area (Å²) in [6.07, 6.45) is 0. The topological polar surface area (TPSA) is 26.0 Å². The van der Waals surface area contributed by atoms with E-state index in [9.17, 15) is 0 Å². The molecule has 0 saturated heterocycles. The van der Waals surface area contributed by atoms with Gasteiger partial charge >= 0.3 is 0 Å². The number of furan rings is 1. The summed E-state index contributed by atoms with van der Waals surface area (Å²) in [5.74, 6) is 0. The molecule has 0 amide bonds. The van der Waals surface area contributed by atoms with Crippen molar-refractivity contribution in [1.29, 1.82) is 0 Å². The smallest absolute Gasteiger partial charge is 0.227 e. The van der Waals surface area contributed by atoms with Crippen LogP contribution in [0.25, 0.3) is 22.1 Å². The van der Waals surface area contributed by atoms with Crippen molar-refractivity contribution in [3.8, 4) is 0 Å². The molecule has 3 rings (SSSR count). The first-order valence-electron chi connectivity index (χ1n) is 5.43. The van der Waals surface area contributed by atoms with Crippen molar-refractivity contribution in [3.05, 3.63) is 41.1 Å². The van der Waals surface area contributed by atoms with Gasteiger partial charge in [0.05, 0.1) is 5.39 Å². The third kappa shape index (κ3) is 1.10. The molecule has 0 unspecified atom stereocenters. The van der Waals surface area contributed by atoms with Crippen LogP contribution in [0.5, 0.6) is 0 Å². The normalized spacial score (nSPS) is 11.4. The molecule has 0 aliphatic rings. The Kier molecular flexibility index (Phi) is 1.81. The molecule has 3 aromatic rings. The highest BCUT2D eigenvalue weighted by molar-refractivity contribution is 6.05. The number of benzene rings is 1. The molecule has 80 valence electrons. The van der Waals surface area contributed by atoms with E-state index in [1.54, 1.807) is 0 Å². The molecule has 0 spiro atoms. The quantitative estimate of drug-likeness (QED) is 0.563. The Labute approximate surface area is 93.9 Å². The van der Waals surface area contributed by atoms with Crippen molar-refractivity contribution in [2.75, 3.05) is 0 Å².